The molecular weight excluding hydrogens is 681 g/mol. The van der Waals surface area contributed by atoms with Crippen molar-refractivity contribution in [2.75, 3.05) is 57.2 Å². The number of carboxylic acid groups (broad SMARTS) is 1. The number of hydrogen-bond acceptors (Lipinski definition) is 10. The van der Waals surface area contributed by atoms with E-state index in [-0.39, 0.29) is 35.4 Å². The van der Waals surface area contributed by atoms with E-state index in [1.165, 1.54) is 13.3 Å². The van der Waals surface area contributed by atoms with Gasteiger partial charge in [-0.15, -0.1) is 0 Å². The second-order valence-corrected chi connectivity index (χ2v) is 13.6. The third-order valence-corrected chi connectivity index (χ3v) is 10.1. The van der Waals surface area contributed by atoms with Crippen molar-refractivity contribution in [1.82, 2.24) is 24.4 Å². The van der Waals surface area contributed by atoms with Crippen LogP contribution in [-0.4, -0.2) is 95.0 Å². The number of fused-ring (bicyclic) bond motifs is 1. The number of nitrogens with zero attached hydrogens (tertiary/aromatic N) is 7. The lowest BCUT2D eigenvalue weighted by Crippen LogP contribution is -2.57. The highest BCUT2D eigenvalue weighted by atomic mass is 35.5. The average Bonchev–Trinajstić information content (AvgIpc) is 3.52. The number of aromatic nitrogens is 4. The van der Waals surface area contributed by atoms with E-state index in [4.69, 9.17) is 37.7 Å². The number of likely N-dealkylation sites (N-methyl/N-ethyl adjacent to an activating group) is 1. The van der Waals surface area contributed by atoms with E-state index in [0.717, 1.165) is 24.5 Å². The smallest absolute Gasteiger partial charge is 0.341 e. The van der Waals surface area contributed by atoms with Crippen LogP contribution in [0.2, 0.25) is 10.0 Å². The minimum atomic E-state index is -1.33. The number of rotatable bonds is 10. The fourth-order valence-electron chi connectivity index (χ4n) is 6.62. The Morgan fingerprint density at radius 2 is 1.88 bits per heavy atom. The molecule has 0 saturated carbocycles. The summed E-state index contributed by atoms with van der Waals surface area (Å²) in [7, 11) is 5.64. The van der Waals surface area contributed by atoms with E-state index < -0.39 is 11.4 Å². The number of benzene rings is 1. The molecule has 2 fully saturated rings. The SMILES string of the molecule is COc1ccc(Cl)c(OC[C@H]2C[C@H](c3cccnc3)CN2c2cc3c(cc2Cl)c(=O)c(C(=O)O)cn3-c2ccc(N3CC(N(C)C)C3)nc2)n1. The summed E-state index contributed by atoms with van der Waals surface area (Å²) in [5, 5.41) is 10.8. The van der Waals surface area contributed by atoms with Gasteiger partial charge >= 0.3 is 5.97 Å². The van der Waals surface area contributed by atoms with Gasteiger partial charge in [0.1, 0.15) is 23.0 Å². The molecule has 5 aromatic rings. The monoisotopic (exact) mass is 715 g/mol. The lowest BCUT2D eigenvalue weighted by atomic mass is 9.98. The van der Waals surface area contributed by atoms with Gasteiger partial charge in [-0.2, -0.15) is 4.98 Å². The highest BCUT2D eigenvalue weighted by Crippen LogP contribution is 2.40. The van der Waals surface area contributed by atoms with Crippen LogP contribution < -0.4 is 24.7 Å². The number of carbonyl (C=O) groups is 1. The largest absolute Gasteiger partial charge is 0.481 e. The van der Waals surface area contributed by atoms with Crippen LogP contribution in [0, 0.1) is 0 Å². The van der Waals surface area contributed by atoms with Gasteiger partial charge in [0.05, 0.1) is 41.3 Å². The van der Waals surface area contributed by atoms with Crippen LogP contribution in [0.25, 0.3) is 16.6 Å². The Labute approximate surface area is 298 Å². The van der Waals surface area contributed by atoms with Crippen molar-refractivity contribution in [2.24, 2.45) is 0 Å². The van der Waals surface area contributed by atoms with Gasteiger partial charge in [0, 0.05) is 61.6 Å². The van der Waals surface area contributed by atoms with Gasteiger partial charge in [-0.3, -0.25) is 9.78 Å². The molecule has 50 heavy (non-hydrogen) atoms. The molecule has 0 radical (unpaired) electrons. The van der Waals surface area contributed by atoms with Crippen molar-refractivity contribution in [3.05, 3.63) is 105 Å². The number of halogens is 2. The van der Waals surface area contributed by atoms with E-state index in [9.17, 15) is 14.7 Å². The summed E-state index contributed by atoms with van der Waals surface area (Å²) in [5.74, 6) is 0.224. The second-order valence-electron chi connectivity index (χ2n) is 12.7. The summed E-state index contributed by atoms with van der Waals surface area (Å²) in [6.07, 6.45) is 7.36. The summed E-state index contributed by atoms with van der Waals surface area (Å²) in [5.41, 5.74) is 1.85. The van der Waals surface area contributed by atoms with Crippen molar-refractivity contribution in [3.63, 3.8) is 0 Å². The summed E-state index contributed by atoms with van der Waals surface area (Å²) >= 11 is 13.4. The van der Waals surface area contributed by atoms with Gasteiger partial charge < -0.3 is 33.8 Å². The summed E-state index contributed by atoms with van der Waals surface area (Å²) in [4.78, 5) is 45.7. The van der Waals surface area contributed by atoms with Gasteiger partial charge in [-0.1, -0.05) is 29.3 Å². The quantitative estimate of drug-likeness (QED) is 0.200. The molecule has 2 aliphatic heterocycles. The van der Waals surface area contributed by atoms with Crippen LogP contribution >= 0.6 is 23.2 Å². The first-order valence-electron chi connectivity index (χ1n) is 16.1. The standard InChI is InChI=1S/C36H35Cl2N7O5/c1-42(2)25-17-43(18-25)32-8-6-23(15-40-32)45-19-27(36(47)48)34(46)26-12-29(38)31(13-30(26)45)44-16-22(21-5-4-10-39-14-21)11-24(44)20-50-35-28(37)7-9-33(41-35)49-3/h4-10,12-15,19,22,24-25H,11,16-18,20H2,1-3H3,(H,47,48)/t22-,24+/m0/s1. The van der Waals surface area contributed by atoms with Crippen LogP contribution in [0.3, 0.4) is 0 Å². The third kappa shape index (κ3) is 6.41. The fraction of sp³-hybridized carbons (Fsp3) is 0.306. The maximum Gasteiger partial charge on any atom is 0.341 e. The molecule has 2 aliphatic rings. The molecule has 2 atom stereocenters. The highest BCUT2D eigenvalue weighted by Gasteiger charge is 2.36. The van der Waals surface area contributed by atoms with E-state index in [2.05, 4.69) is 38.8 Å². The maximum atomic E-state index is 13.5. The van der Waals surface area contributed by atoms with Crippen molar-refractivity contribution in [2.45, 2.75) is 24.4 Å². The van der Waals surface area contributed by atoms with E-state index >= 15 is 0 Å². The molecule has 1 N–H and O–H groups in total. The second kappa shape index (κ2) is 13.8. The van der Waals surface area contributed by atoms with Crippen LogP contribution in [0.15, 0.2) is 78.1 Å². The Balaban J connectivity index is 1.28. The Morgan fingerprint density at radius 1 is 1.06 bits per heavy atom. The molecular formula is C36H35Cl2N7O5. The molecule has 14 heteroatoms. The first-order valence-corrected chi connectivity index (χ1v) is 16.9. The number of carboxylic acids is 1. The Hall–Kier alpha value is -4.91. The molecule has 258 valence electrons. The molecule has 12 nitrogen and oxygen atoms in total. The summed E-state index contributed by atoms with van der Waals surface area (Å²) < 4.78 is 13.1. The van der Waals surface area contributed by atoms with Gasteiger partial charge in [0.25, 0.3) is 0 Å². The van der Waals surface area contributed by atoms with Gasteiger partial charge in [0.2, 0.25) is 17.2 Å². The van der Waals surface area contributed by atoms with E-state index in [1.807, 2.05) is 36.5 Å². The first kappa shape index (κ1) is 33.6. The molecule has 6 heterocycles. The molecule has 0 spiro atoms. The van der Waals surface area contributed by atoms with Crippen LogP contribution in [0.5, 0.6) is 11.8 Å². The number of aromatic carboxylic acids is 1. The van der Waals surface area contributed by atoms with Crippen molar-refractivity contribution >= 4 is 51.6 Å². The predicted molar refractivity (Wildman–Crippen MR) is 193 cm³/mol. The zero-order valence-corrected chi connectivity index (χ0v) is 29.2. The first-order chi connectivity index (χ1) is 24.1. The minimum absolute atomic E-state index is 0.0970. The number of ether oxygens (including phenoxy) is 2. The number of pyridine rings is 4. The fourth-order valence-corrected chi connectivity index (χ4v) is 7.05. The minimum Gasteiger partial charge on any atom is -0.481 e. The lowest BCUT2D eigenvalue weighted by Gasteiger charge is -2.43. The molecule has 4 aromatic heterocycles. The lowest BCUT2D eigenvalue weighted by molar-refractivity contribution is 0.0695. The van der Waals surface area contributed by atoms with Crippen LogP contribution in [-0.2, 0) is 0 Å². The Kier molecular flexibility index (Phi) is 9.25. The zero-order chi connectivity index (χ0) is 35.1. The topological polar surface area (TPSA) is 126 Å². The van der Waals surface area contributed by atoms with Crippen molar-refractivity contribution in [3.8, 4) is 17.4 Å². The summed E-state index contributed by atoms with van der Waals surface area (Å²) in [6.45, 7) is 2.55. The number of anilines is 2. The third-order valence-electron chi connectivity index (χ3n) is 9.52. The van der Waals surface area contributed by atoms with E-state index in [0.29, 0.717) is 51.8 Å². The van der Waals surface area contributed by atoms with Crippen LogP contribution in [0.1, 0.15) is 28.3 Å². The Morgan fingerprint density at radius 3 is 2.56 bits per heavy atom. The van der Waals surface area contributed by atoms with E-state index in [1.54, 1.807) is 35.2 Å². The van der Waals surface area contributed by atoms with Crippen molar-refractivity contribution in [1.29, 1.82) is 0 Å². The molecule has 0 amide bonds. The summed E-state index contributed by atoms with van der Waals surface area (Å²) in [6, 6.07) is 14.7. The Bertz CT molecular complexity index is 2110. The molecule has 0 aliphatic carbocycles. The van der Waals surface area contributed by atoms with Crippen LogP contribution in [0.4, 0.5) is 11.5 Å². The number of hydrogen-bond donors (Lipinski definition) is 1. The van der Waals surface area contributed by atoms with Gasteiger partial charge in [0.15, 0.2) is 0 Å². The molecule has 2 saturated heterocycles. The molecule has 7 rings (SSSR count). The van der Waals surface area contributed by atoms with Crippen molar-refractivity contribution < 1.29 is 19.4 Å². The molecule has 0 unspecified atom stereocenters. The van der Waals surface area contributed by atoms with Gasteiger partial charge in [-0.25, -0.2) is 9.78 Å². The molecule has 1 aromatic carbocycles. The van der Waals surface area contributed by atoms with Gasteiger partial charge in [-0.05, 0) is 62.5 Å². The maximum absolute atomic E-state index is 13.5. The normalized spacial score (nSPS) is 17.7. The molecule has 0 bridgehead atoms. The average molecular weight is 717 g/mol. The zero-order valence-electron chi connectivity index (χ0n) is 27.7. The number of methoxy groups -OCH3 is 1. The highest BCUT2D eigenvalue weighted by molar-refractivity contribution is 6.34. The predicted octanol–water partition coefficient (Wildman–Crippen LogP) is 5.38.